The van der Waals surface area contributed by atoms with Crippen molar-refractivity contribution in [3.63, 3.8) is 0 Å². The molecule has 1 amide bonds. The molecule has 0 bridgehead atoms. The molecule has 0 aliphatic carbocycles. The van der Waals surface area contributed by atoms with E-state index in [1.807, 2.05) is 20.8 Å². The molecule has 0 aromatic heterocycles. The molecular formula is C10H20N2O. The second-order valence-corrected chi connectivity index (χ2v) is 4.51. The number of carbonyl (C=O) groups excluding carboxylic acids is 1. The first-order valence-electron chi connectivity index (χ1n) is 5.81. The minimum atomic E-state index is -1.87. The van der Waals surface area contributed by atoms with Gasteiger partial charge in [0.05, 0.1) is 9.24 Å². The Morgan fingerprint density at radius 1 is 1.46 bits per heavy atom. The number of hydrogen-bond donors (Lipinski definition) is 1. The lowest BCUT2D eigenvalue weighted by Gasteiger charge is -2.22. The standard InChI is InChI=1S/C10H20N2O/c1-10(2,3)11-9(13)8-12-6-4-5-7-12/h4-8H2,1-3H3,(H,11,13)/i8D2. The Labute approximate surface area is 83.3 Å². The maximum absolute atomic E-state index is 11.7. The first kappa shape index (κ1) is 7.80. The predicted octanol–water partition coefficient (Wildman–Crippen LogP) is 0.997. The second-order valence-electron chi connectivity index (χ2n) is 4.51. The third kappa shape index (κ3) is 4.27. The lowest BCUT2D eigenvalue weighted by Crippen LogP contribution is -2.45. The fourth-order valence-corrected chi connectivity index (χ4v) is 1.34. The summed E-state index contributed by atoms with van der Waals surface area (Å²) in [5, 5.41) is 2.68. The molecule has 1 saturated heterocycles. The molecule has 0 aromatic carbocycles. The van der Waals surface area contributed by atoms with E-state index in [4.69, 9.17) is 2.74 Å². The van der Waals surface area contributed by atoms with Gasteiger partial charge in [0.2, 0.25) is 5.91 Å². The van der Waals surface area contributed by atoms with Crippen LogP contribution in [0.15, 0.2) is 0 Å². The van der Waals surface area contributed by atoms with Crippen molar-refractivity contribution in [1.29, 1.82) is 0 Å². The molecule has 0 unspecified atom stereocenters. The van der Waals surface area contributed by atoms with E-state index in [1.165, 1.54) is 0 Å². The summed E-state index contributed by atoms with van der Waals surface area (Å²) in [6, 6.07) is 0. The Kier molecular flexibility index (Phi) is 2.46. The van der Waals surface area contributed by atoms with Gasteiger partial charge < -0.3 is 5.32 Å². The largest absolute Gasteiger partial charge is 0.350 e. The Morgan fingerprint density at radius 3 is 2.46 bits per heavy atom. The zero-order valence-electron chi connectivity index (χ0n) is 10.7. The van der Waals surface area contributed by atoms with Crippen LogP contribution in [-0.2, 0) is 4.79 Å². The summed E-state index contributed by atoms with van der Waals surface area (Å²) in [7, 11) is 0. The van der Waals surface area contributed by atoms with Crippen LogP contribution in [0.4, 0.5) is 0 Å². The Bertz CT molecular complexity index is 242. The second kappa shape index (κ2) is 4.09. The SMILES string of the molecule is [2H]C([2H])(C(=O)NC(C)(C)C)N1CCCC1. The average molecular weight is 186 g/mol. The van der Waals surface area contributed by atoms with Crippen molar-refractivity contribution >= 4 is 5.91 Å². The van der Waals surface area contributed by atoms with Crippen molar-refractivity contribution < 1.29 is 7.54 Å². The minimum Gasteiger partial charge on any atom is -0.350 e. The van der Waals surface area contributed by atoms with Crippen molar-refractivity contribution in [2.45, 2.75) is 39.2 Å². The highest BCUT2D eigenvalue weighted by Gasteiger charge is 2.18. The highest BCUT2D eigenvalue weighted by atomic mass is 16.2. The third-order valence-electron chi connectivity index (χ3n) is 1.85. The topological polar surface area (TPSA) is 32.3 Å². The molecule has 1 heterocycles. The van der Waals surface area contributed by atoms with E-state index in [-0.39, 0.29) is 5.54 Å². The van der Waals surface area contributed by atoms with Crippen LogP contribution in [0.2, 0.25) is 0 Å². The van der Waals surface area contributed by atoms with Gasteiger partial charge in [-0.15, -0.1) is 0 Å². The fraction of sp³-hybridized carbons (Fsp3) is 0.900. The van der Waals surface area contributed by atoms with E-state index < -0.39 is 12.4 Å². The van der Waals surface area contributed by atoms with Gasteiger partial charge in [-0.05, 0) is 46.7 Å². The molecule has 1 aliphatic rings. The Morgan fingerprint density at radius 2 is 2.00 bits per heavy atom. The number of hydrogen-bond acceptors (Lipinski definition) is 2. The maximum Gasteiger partial charge on any atom is 0.234 e. The van der Waals surface area contributed by atoms with Gasteiger partial charge >= 0.3 is 0 Å². The van der Waals surface area contributed by atoms with Crippen LogP contribution in [0, 0.1) is 0 Å². The molecule has 0 spiro atoms. The molecule has 0 aromatic rings. The van der Waals surface area contributed by atoms with Gasteiger partial charge in [0.1, 0.15) is 0 Å². The lowest BCUT2D eigenvalue weighted by molar-refractivity contribution is -0.123. The summed E-state index contributed by atoms with van der Waals surface area (Å²) in [4.78, 5) is 13.3. The number of likely N-dealkylation sites (tertiary alicyclic amines) is 1. The fourth-order valence-electron chi connectivity index (χ4n) is 1.34. The van der Waals surface area contributed by atoms with E-state index in [1.54, 1.807) is 4.90 Å². The Balaban J connectivity index is 2.63. The summed E-state index contributed by atoms with van der Waals surface area (Å²) < 4.78 is 15.6. The normalized spacial score (nSPS) is 22.4. The molecule has 0 atom stereocenters. The molecular weight excluding hydrogens is 164 g/mol. The van der Waals surface area contributed by atoms with E-state index in [9.17, 15) is 4.79 Å². The molecule has 3 heteroatoms. The van der Waals surface area contributed by atoms with Crippen molar-refractivity contribution in [3.8, 4) is 0 Å². The van der Waals surface area contributed by atoms with Gasteiger partial charge in [-0.1, -0.05) is 0 Å². The number of amides is 1. The summed E-state index contributed by atoms with van der Waals surface area (Å²) in [5.74, 6) is -0.531. The zero-order valence-corrected chi connectivity index (χ0v) is 8.68. The van der Waals surface area contributed by atoms with Crippen LogP contribution < -0.4 is 5.32 Å². The van der Waals surface area contributed by atoms with Crippen LogP contribution >= 0.6 is 0 Å². The molecule has 13 heavy (non-hydrogen) atoms. The highest BCUT2D eigenvalue weighted by Crippen LogP contribution is 2.06. The molecule has 1 aliphatic heterocycles. The van der Waals surface area contributed by atoms with Crippen LogP contribution in [-0.4, -0.2) is 35.9 Å². The minimum absolute atomic E-state index is 0.385. The van der Waals surface area contributed by atoms with Crippen molar-refractivity contribution in [1.82, 2.24) is 10.2 Å². The van der Waals surface area contributed by atoms with Gasteiger partial charge in [-0.2, -0.15) is 0 Å². The first-order valence-corrected chi connectivity index (χ1v) is 4.81. The first-order chi connectivity index (χ1) is 6.73. The van der Waals surface area contributed by atoms with E-state index in [0.29, 0.717) is 13.1 Å². The molecule has 0 radical (unpaired) electrons. The zero-order chi connectivity index (χ0) is 11.7. The summed E-state index contributed by atoms with van der Waals surface area (Å²) in [5.41, 5.74) is -0.385. The molecule has 3 nitrogen and oxygen atoms in total. The molecule has 76 valence electrons. The lowest BCUT2D eigenvalue weighted by atomic mass is 10.1. The van der Waals surface area contributed by atoms with Crippen LogP contribution in [0.3, 0.4) is 0 Å². The van der Waals surface area contributed by atoms with Gasteiger partial charge in [0.25, 0.3) is 0 Å². The third-order valence-corrected chi connectivity index (χ3v) is 1.85. The smallest absolute Gasteiger partial charge is 0.234 e. The van der Waals surface area contributed by atoms with E-state index in [0.717, 1.165) is 12.8 Å². The molecule has 0 saturated carbocycles. The van der Waals surface area contributed by atoms with Gasteiger partial charge in [0.15, 0.2) is 0 Å². The van der Waals surface area contributed by atoms with Crippen LogP contribution in [0.25, 0.3) is 0 Å². The van der Waals surface area contributed by atoms with Crippen molar-refractivity contribution in [2.24, 2.45) is 0 Å². The van der Waals surface area contributed by atoms with Gasteiger partial charge in [0, 0.05) is 5.54 Å². The average Bonchev–Trinajstić information content (AvgIpc) is 2.52. The van der Waals surface area contributed by atoms with Crippen LogP contribution in [0.5, 0.6) is 0 Å². The molecule has 1 fully saturated rings. The predicted molar refractivity (Wildman–Crippen MR) is 53.6 cm³/mol. The van der Waals surface area contributed by atoms with Crippen molar-refractivity contribution in [2.75, 3.05) is 19.6 Å². The van der Waals surface area contributed by atoms with E-state index >= 15 is 0 Å². The summed E-state index contributed by atoms with van der Waals surface area (Å²) in [6.45, 7) is 5.03. The maximum atomic E-state index is 11.7. The van der Waals surface area contributed by atoms with Crippen molar-refractivity contribution in [3.05, 3.63) is 0 Å². The molecule has 1 N–H and O–H groups in total. The van der Waals surface area contributed by atoms with E-state index in [2.05, 4.69) is 5.32 Å². The summed E-state index contributed by atoms with van der Waals surface area (Å²) in [6.07, 6.45) is 1.95. The number of nitrogens with one attached hydrogen (secondary N) is 1. The monoisotopic (exact) mass is 186 g/mol. The number of rotatable bonds is 2. The van der Waals surface area contributed by atoms with Gasteiger partial charge in [-0.3, -0.25) is 9.69 Å². The highest BCUT2D eigenvalue weighted by molar-refractivity contribution is 5.78. The molecule has 1 rings (SSSR count). The van der Waals surface area contributed by atoms with Crippen LogP contribution in [0.1, 0.15) is 36.4 Å². The number of nitrogens with zero attached hydrogens (tertiary/aromatic N) is 1. The quantitative estimate of drug-likeness (QED) is 0.697. The number of carbonyl (C=O) groups is 1. The Hall–Kier alpha value is -0.570. The summed E-state index contributed by atoms with van der Waals surface area (Å²) >= 11 is 0. The van der Waals surface area contributed by atoms with Gasteiger partial charge in [-0.25, -0.2) is 0 Å².